The lowest BCUT2D eigenvalue weighted by Crippen LogP contribution is -2.20. The van der Waals surface area contributed by atoms with Crippen LogP contribution in [0.4, 0.5) is 8.78 Å². The number of carbonyl (C=O) groups is 1. The van der Waals surface area contributed by atoms with Gasteiger partial charge in [0.05, 0.1) is 6.54 Å². The van der Waals surface area contributed by atoms with E-state index in [-0.39, 0.29) is 17.0 Å². The van der Waals surface area contributed by atoms with Crippen LogP contribution in [0.3, 0.4) is 0 Å². The average molecular weight is 397 g/mol. The van der Waals surface area contributed by atoms with E-state index in [0.29, 0.717) is 21.3 Å². The van der Waals surface area contributed by atoms with E-state index in [9.17, 15) is 23.5 Å². The Balaban J connectivity index is 2.00. The van der Waals surface area contributed by atoms with Crippen molar-refractivity contribution in [1.82, 2.24) is 4.57 Å². The number of aromatic carboxylic acids is 1. The summed E-state index contributed by atoms with van der Waals surface area (Å²) in [6.45, 7) is -0.331. The number of carboxylic acids is 1. The van der Waals surface area contributed by atoms with Gasteiger partial charge in [0.15, 0.2) is 0 Å². The number of aromatic nitrogens is 1. The van der Waals surface area contributed by atoms with Gasteiger partial charge in [-0.2, -0.15) is 0 Å². The minimum absolute atomic E-state index is 0.0644. The number of thiophene rings is 1. The maximum atomic E-state index is 14.1. The summed E-state index contributed by atoms with van der Waals surface area (Å²) in [6.07, 6.45) is 0. The van der Waals surface area contributed by atoms with Crippen LogP contribution in [0.25, 0.3) is 21.3 Å². The Morgan fingerprint density at radius 1 is 0.964 bits per heavy atom. The highest BCUT2D eigenvalue weighted by molar-refractivity contribution is 7.21. The molecule has 0 spiro atoms. The van der Waals surface area contributed by atoms with Crippen LogP contribution in [-0.4, -0.2) is 15.6 Å². The predicted molar refractivity (Wildman–Crippen MR) is 104 cm³/mol. The van der Waals surface area contributed by atoms with Gasteiger partial charge in [-0.3, -0.25) is 9.36 Å². The third-order valence-electron chi connectivity index (χ3n) is 4.46. The van der Waals surface area contributed by atoms with Gasteiger partial charge in [-0.25, -0.2) is 13.6 Å². The van der Waals surface area contributed by atoms with E-state index in [1.165, 1.54) is 16.7 Å². The molecule has 0 saturated heterocycles. The van der Waals surface area contributed by atoms with Crippen molar-refractivity contribution in [2.24, 2.45) is 0 Å². The molecular weight excluding hydrogens is 384 g/mol. The van der Waals surface area contributed by atoms with Crippen molar-refractivity contribution < 1.29 is 18.7 Å². The quantitative estimate of drug-likeness (QED) is 0.540. The molecule has 28 heavy (non-hydrogen) atoms. The second-order valence-electron chi connectivity index (χ2n) is 6.15. The van der Waals surface area contributed by atoms with E-state index < -0.39 is 23.2 Å². The second kappa shape index (κ2) is 7.01. The highest BCUT2D eigenvalue weighted by Gasteiger charge is 2.22. The fourth-order valence-electron chi connectivity index (χ4n) is 3.16. The molecule has 0 atom stereocenters. The standard InChI is InChI=1S/C21H13F2NO3S/c22-15-7-4-8-16(23)14(15)11-24-17(25)10-9-13-18(12-5-2-1-3-6-12)19(21(26)27)28-20(13)24/h1-10H,11H2,(H,26,27). The average Bonchev–Trinajstić information content (AvgIpc) is 3.07. The van der Waals surface area contributed by atoms with Crippen molar-refractivity contribution in [2.45, 2.75) is 6.54 Å². The first-order chi connectivity index (χ1) is 13.5. The summed E-state index contributed by atoms with van der Waals surface area (Å²) < 4.78 is 29.4. The second-order valence-corrected chi connectivity index (χ2v) is 7.15. The van der Waals surface area contributed by atoms with E-state index in [4.69, 9.17) is 0 Å². The number of fused-ring (bicyclic) bond motifs is 1. The molecule has 2 heterocycles. The van der Waals surface area contributed by atoms with Gasteiger partial charge >= 0.3 is 5.97 Å². The summed E-state index contributed by atoms with van der Waals surface area (Å²) >= 11 is 0.917. The van der Waals surface area contributed by atoms with E-state index >= 15 is 0 Å². The van der Waals surface area contributed by atoms with Crippen molar-refractivity contribution in [3.05, 3.63) is 93.1 Å². The highest BCUT2D eigenvalue weighted by Crippen LogP contribution is 2.38. The Morgan fingerprint density at radius 3 is 2.29 bits per heavy atom. The molecule has 0 radical (unpaired) electrons. The molecule has 7 heteroatoms. The lowest BCUT2D eigenvalue weighted by atomic mass is 10.0. The van der Waals surface area contributed by atoms with Gasteiger partial charge in [0.1, 0.15) is 21.3 Å². The Bertz CT molecular complexity index is 1240. The van der Waals surface area contributed by atoms with E-state index in [0.717, 1.165) is 23.5 Å². The molecule has 4 nitrogen and oxygen atoms in total. The smallest absolute Gasteiger partial charge is 0.346 e. The maximum Gasteiger partial charge on any atom is 0.346 e. The fourth-order valence-corrected chi connectivity index (χ4v) is 4.32. The van der Waals surface area contributed by atoms with Gasteiger partial charge in [0.2, 0.25) is 0 Å². The summed E-state index contributed by atoms with van der Waals surface area (Å²) in [7, 11) is 0. The van der Waals surface area contributed by atoms with Crippen molar-refractivity contribution in [1.29, 1.82) is 0 Å². The van der Waals surface area contributed by atoms with Crippen LogP contribution < -0.4 is 5.56 Å². The lowest BCUT2D eigenvalue weighted by Gasteiger charge is -2.09. The molecule has 2 aromatic heterocycles. The van der Waals surface area contributed by atoms with E-state index in [1.54, 1.807) is 30.3 Å². The van der Waals surface area contributed by atoms with Crippen LogP contribution in [0.2, 0.25) is 0 Å². The van der Waals surface area contributed by atoms with Crippen LogP contribution in [0.15, 0.2) is 65.5 Å². The van der Waals surface area contributed by atoms with Gasteiger partial charge in [0, 0.05) is 22.6 Å². The van der Waals surface area contributed by atoms with Gasteiger partial charge in [-0.05, 0) is 23.8 Å². The van der Waals surface area contributed by atoms with Gasteiger partial charge in [-0.15, -0.1) is 11.3 Å². The minimum Gasteiger partial charge on any atom is -0.477 e. The van der Waals surface area contributed by atoms with Crippen LogP contribution in [0.5, 0.6) is 0 Å². The number of rotatable bonds is 4. The van der Waals surface area contributed by atoms with E-state index in [2.05, 4.69) is 0 Å². The summed E-state index contributed by atoms with van der Waals surface area (Å²) in [5, 5.41) is 10.2. The number of carboxylic acid groups (broad SMARTS) is 1. The first kappa shape index (κ1) is 18.1. The molecule has 1 N–H and O–H groups in total. The Kier molecular flexibility index (Phi) is 4.52. The first-order valence-corrected chi connectivity index (χ1v) is 9.17. The monoisotopic (exact) mass is 397 g/mol. The number of pyridine rings is 1. The van der Waals surface area contributed by atoms with Crippen LogP contribution in [0, 0.1) is 11.6 Å². The molecule has 0 aliphatic carbocycles. The number of hydrogen-bond donors (Lipinski definition) is 1. The number of halogens is 2. The summed E-state index contributed by atoms with van der Waals surface area (Å²) in [5.74, 6) is -2.65. The molecule has 0 bridgehead atoms. The Hall–Kier alpha value is -3.32. The van der Waals surface area contributed by atoms with Gasteiger partial charge < -0.3 is 5.11 Å². The predicted octanol–water partition coefficient (Wildman–Crippen LogP) is 4.75. The normalized spacial score (nSPS) is 11.1. The van der Waals surface area contributed by atoms with Crippen molar-refractivity contribution in [3.63, 3.8) is 0 Å². The Labute approximate surface area is 161 Å². The summed E-state index contributed by atoms with van der Waals surface area (Å²) in [6, 6.07) is 15.3. The van der Waals surface area contributed by atoms with Crippen molar-refractivity contribution in [3.8, 4) is 11.1 Å². The molecular formula is C21H13F2NO3S. The van der Waals surface area contributed by atoms with Crippen LogP contribution in [0.1, 0.15) is 15.2 Å². The molecule has 2 aromatic carbocycles. The minimum atomic E-state index is -1.13. The molecule has 0 saturated carbocycles. The van der Waals surface area contributed by atoms with Crippen molar-refractivity contribution >= 4 is 27.5 Å². The SMILES string of the molecule is O=C(O)c1sc2c(ccc(=O)n2Cc2c(F)cccc2F)c1-c1ccccc1. The number of benzene rings is 2. The zero-order chi connectivity index (χ0) is 19.8. The number of hydrogen-bond acceptors (Lipinski definition) is 3. The molecule has 140 valence electrons. The third-order valence-corrected chi connectivity index (χ3v) is 5.68. The Morgan fingerprint density at radius 2 is 1.64 bits per heavy atom. The topological polar surface area (TPSA) is 59.3 Å². The zero-order valence-electron chi connectivity index (χ0n) is 14.4. The maximum absolute atomic E-state index is 14.1. The largest absolute Gasteiger partial charge is 0.477 e. The van der Waals surface area contributed by atoms with E-state index in [1.807, 2.05) is 6.07 Å². The summed E-state index contributed by atoms with van der Waals surface area (Å²) in [5.41, 5.74) is 0.459. The molecule has 4 rings (SSSR count). The third kappa shape index (κ3) is 2.99. The van der Waals surface area contributed by atoms with Gasteiger partial charge in [0.25, 0.3) is 5.56 Å². The lowest BCUT2D eigenvalue weighted by molar-refractivity contribution is 0.0703. The van der Waals surface area contributed by atoms with Crippen LogP contribution in [-0.2, 0) is 6.54 Å². The molecule has 0 amide bonds. The molecule has 0 unspecified atom stereocenters. The van der Waals surface area contributed by atoms with Crippen molar-refractivity contribution in [2.75, 3.05) is 0 Å². The molecule has 0 aliphatic rings. The zero-order valence-corrected chi connectivity index (χ0v) is 15.2. The first-order valence-electron chi connectivity index (χ1n) is 8.35. The number of nitrogens with zero attached hydrogens (tertiary/aromatic N) is 1. The fraction of sp³-hybridized carbons (Fsp3) is 0.0476. The van der Waals surface area contributed by atoms with Crippen LogP contribution >= 0.6 is 11.3 Å². The molecule has 4 aromatic rings. The highest BCUT2D eigenvalue weighted by atomic mass is 32.1. The summed E-state index contributed by atoms with van der Waals surface area (Å²) in [4.78, 5) is 24.7. The van der Waals surface area contributed by atoms with Gasteiger partial charge in [-0.1, -0.05) is 36.4 Å². The molecule has 0 fully saturated rings. The molecule has 0 aliphatic heterocycles.